The third-order valence-electron chi connectivity index (χ3n) is 6.57. The van der Waals surface area contributed by atoms with Crippen LogP contribution in [0.2, 0.25) is 0 Å². The van der Waals surface area contributed by atoms with Gasteiger partial charge in [-0.1, -0.05) is 11.6 Å². The molecule has 0 unspecified atom stereocenters. The van der Waals surface area contributed by atoms with E-state index in [0.717, 1.165) is 44.5 Å². The first-order valence-electron chi connectivity index (χ1n) is 11.4. The van der Waals surface area contributed by atoms with Crippen molar-refractivity contribution in [1.82, 2.24) is 9.88 Å². The molecule has 1 aliphatic rings. The number of nitrogens with two attached hydrogens (primary N) is 1. The lowest BCUT2D eigenvalue weighted by molar-refractivity contribution is 0.0976. The molecule has 0 bridgehead atoms. The fraction of sp³-hybridized carbons (Fsp3) is 0.346. The number of aromatic nitrogens is 1. The Bertz CT molecular complexity index is 1250. The quantitative estimate of drug-likeness (QED) is 0.424. The summed E-state index contributed by atoms with van der Waals surface area (Å²) < 4.78 is 5.50. The molecule has 166 valence electrons. The molecular formula is C26H30N4O2. The Hall–Kier alpha value is -3.25. The van der Waals surface area contributed by atoms with Crippen LogP contribution in [0.1, 0.15) is 34.5 Å². The molecule has 5 rings (SSSR count). The van der Waals surface area contributed by atoms with Gasteiger partial charge < -0.3 is 20.0 Å². The van der Waals surface area contributed by atoms with E-state index in [2.05, 4.69) is 58.2 Å². The molecule has 4 aromatic rings. The summed E-state index contributed by atoms with van der Waals surface area (Å²) in [6.45, 7) is 7.46. The molecule has 0 saturated carbocycles. The predicted molar refractivity (Wildman–Crippen MR) is 129 cm³/mol. The molecule has 0 atom stereocenters. The van der Waals surface area contributed by atoms with Crippen LogP contribution < -0.4 is 10.6 Å². The zero-order chi connectivity index (χ0) is 22.1. The van der Waals surface area contributed by atoms with Gasteiger partial charge in [0.1, 0.15) is 5.58 Å². The number of fused-ring (bicyclic) bond motifs is 2. The Morgan fingerprint density at radius 1 is 1.06 bits per heavy atom. The number of anilines is 1. The number of primary amides is 1. The van der Waals surface area contributed by atoms with Crippen molar-refractivity contribution >= 4 is 33.5 Å². The fourth-order valence-corrected chi connectivity index (χ4v) is 4.73. The van der Waals surface area contributed by atoms with E-state index < -0.39 is 5.91 Å². The van der Waals surface area contributed by atoms with Crippen molar-refractivity contribution < 1.29 is 9.21 Å². The second-order valence-corrected chi connectivity index (χ2v) is 8.85. The van der Waals surface area contributed by atoms with Gasteiger partial charge in [-0.2, -0.15) is 0 Å². The highest BCUT2D eigenvalue weighted by Gasteiger charge is 2.18. The zero-order valence-electron chi connectivity index (χ0n) is 18.6. The minimum Gasteiger partial charge on any atom is -0.451 e. The highest BCUT2D eigenvalue weighted by Crippen LogP contribution is 2.26. The lowest BCUT2D eigenvalue weighted by Crippen LogP contribution is -2.46. The van der Waals surface area contributed by atoms with Crippen LogP contribution in [0.15, 0.2) is 53.1 Å². The van der Waals surface area contributed by atoms with E-state index in [1.807, 2.05) is 6.07 Å². The number of piperazine rings is 1. The summed E-state index contributed by atoms with van der Waals surface area (Å²) in [5.41, 5.74) is 11.2. The maximum Gasteiger partial charge on any atom is 0.284 e. The van der Waals surface area contributed by atoms with Crippen molar-refractivity contribution in [1.29, 1.82) is 0 Å². The topological polar surface area (TPSA) is 78.5 Å². The number of carbonyl (C=O) groups is 1. The van der Waals surface area contributed by atoms with Crippen molar-refractivity contribution in [3.8, 4) is 0 Å². The fourth-order valence-electron chi connectivity index (χ4n) is 4.73. The monoisotopic (exact) mass is 430 g/mol. The van der Waals surface area contributed by atoms with Crippen LogP contribution >= 0.6 is 0 Å². The summed E-state index contributed by atoms with van der Waals surface area (Å²) in [7, 11) is 0. The van der Waals surface area contributed by atoms with Crippen LogP contribution in [-0.4, -0.2) is 48.5 Å². The van der Waals surface area contributed by atoms with Gasteiger partial charge in [-0.15, -0.1) is 0 Å². The molecule has 0 aliphatic carbocycles. The number of aryl methyl sites for hydroxylation is 2. The summed E-state index contributed by atoms with van der Waals surface area (Å²) in [5, 5.41) is 2.29. The molecule has 32 heavy (non-hydrogen) atoms. The maximum absolute atomic E-state index is 11.4. The maximum atomic E-state index is 11.4. The average Bonchev–Trinajstić information content (AvgIpc) is 3.40. The van der Waals surface area contributed by atoms with Crippen LogP contribution in [0.4, 0.5) is 5.69 Å². The Morgan fingerprint density at radius 3 is 2.72 bits per heavy atom. The number of hydrogen-bond acceptors (Lipinski definition) is 4. The van der Waals surface area contributed by atoms with E-state index in [4.69, 9.17) is 10.2 Å². The number of aromatic amines is 1. The molecule has 2 aromatic carbocycles. The van der Waals surface area contributed by atoms with Crippen LogP contribution in [0.5, 0.6) is 0 Å². The molecule has 0 spiro atoms. The van der Waals surface area contributed by atoms with Gasteiger partial charge in [0.15, 0.2) is 5.76 Å². The lowest BCUT2D eigenvalue weighted by Gasteiger charge is -2.36. The Kier molecular flexibility index (Phi) is 5.62. The van der Waals surface area contributed by atoms with Crippen molar-refractivity contribution in [3.05, 3.63) is 65.5 Å². The molecule has 1 aliphatic heterocycles. The van der Waals surface area contributed by atoms with Crippen LogP contribution in [0.25, 0.3) is 21.9 Å². The van der Waals surface area contributed by atoms with Gasteiger partial charge in [0.25, 0.3) is 5.91 Å². The first-order valence-corrected chi connectivity index (χ1v) is 11.4. The van der Waals surface area contributed by atoms with Gasteiger partial charge in [-0.3, -0.25) is 9.69 Å². The number of carbonyl (C=O) groups excluding carboxylic acids is 1. The van der Waals surface area contributed by atoms with E-state index in [1.165, 1.54) is 40.6 Å². The third-order valence-corrected chi connectivity index (χ3v) is 6.57. The number of furan rings is 1. The van der Waals surface area contributed by atoms with Gasteiger partial charge in [0.05, 0.1) is 0 Å². The van der Waals surface area contributed by atoms with Gasteiger partial charge >= 0.3 is 0 Å². The largest absolute Gasteiger partial charge is 0.451 e. The summed E-state index contributed by atoms with van der Waals surface area (Å²) in [5.74, 6) is -0.319. The minimum atomic E-state index is -0.531. The number of benzene rings is 2. The average molecular weight is 431 g/mol. The second-order valence-electron chi connectivity index (χ2n) is 8.85. The van der Waals surface area contributed by atoms with E-state index in [1.54, 1.807) is 6.07 Å². The summed E-state index contributed by atoms with van der Waals surface area (Å²) in [6, 6.07) is 14.4. The first kappa shape index (κ1) is 20.6. The number of rotatable bonds is 7. The van der Waals surface area contributed by atoms with Crippen LogP contribution in [-0.2, 0) is 6.42 Å². The highest BCUT2D eigenvalue weighted by atomic mass is 16.3. The van der Waals surface area contributed by atoms with Gasteiger partial charge in [-0.25, -0.2) is 0 Å². The highest BCUT2D eigenvalue weighted by molar-refractivity contribution is 5.95. The van der Waals surface area contributed by atoms with E-state index >= 15 is 0 Å². The molecule has 1 amide bonds. The predicted octanol–water partition coefficient (Wildman–Crippen LogP) is 4.47. The van der Waals surface area contributed by atoms with Crippen molar-refractivity contribution in [2.75, 3.05) is 37.6 Å². The Balaban J connectivity index is 1.10. The number of unbranched alkanes of at least 4 members (excludes halogenated alkanes) is 1. The molecule has 6 heteroatoms. The smallest absolute Gasteiger partial charge is 0.284 e. The lowest BCUT2D eigenvalue weighted by atomic mass is 10.1. The van der Waals surface area contributed by atoms with E-state index in [-0.39, 0.29) is 5.76 Å². The molecule has 6 nitrogen and oxygen atoms in total. The molecular weight excluding hydrogens is 400 g/mol. The van der Waals surface area contributed by atoms with Gasteiger partial charge in [0, 0.05) is 54.4 Å². The second kappa shape index (κ2) is 8.71. The van der Waals surface area contributed by atoms with E-state index in [0.29, 0.717) is 5.58 Å². The SMILES string of the molecule is Cc1ccc2[nH]cc(CCCCN3CCN(c4ccc5oc(C(N)=O)cc5c4)CC3)c2c1. The number of hydrogen-bond donors (Lipinski definition) is 2. The molecule has 0 radical (unpaired) electrons. The summed E-state index contributed by atoms with van der Waals surface area (Å²) in [4.78, 5) is 19.7. The van der Waals surface area contributed by atoms with Gasteiger partial charge in [-0.05, 0) is 74.7 Å². The number of nitrogens with one attached hydrogen (secondary N) is 1. The Morgan fingerprint density at radius 2 is 1.91 bits per heavy atom. The first-order chi connectivity index (χ1) is 15.6. The molecule has 3 heterocycles. The normalized spacial score (nSPS) is 15.1. The van der Waals surface area contributed by atoms with Crippen molar-refractivity contribution in [2.45, 2.75) is 26.2 Å². The van der Waals surface area contributed by atoms with Gasteiger partial charge in [0.2, 0.25) is 0 Å². The van der Waals surface area contributed by atoms with Crippen LogP contribution in [0, 0.1) is 6.92 Å². The summed E-state index contributed by atoms with van der Waals surface area (Å²) >= 11 is 0. The molecule has 1 saturated heterocycles. The van der Waals surface area contributed by atoms with Crippen molar-refractivity contribution in [2.24, 2.45) is 5.73 Å². The Labute approximate surface area is 188 Å². The zero-order valence-corrected chi connectivity index (χ0v) is 18.6. The number of amides is 1. The third kappa shape index (κ3) is 4.23. The molecule has 2 aromatic heterocycles. The number of H-pyrrole nitrogens is 1. The molecule has 3 N–H and O–H groups in total. The molecule has 1 fully saturated rings. The number of nitrogens with zero attached hydrogens (tertiary/aromatic N) is 2. The van der Waals surface area contributed by atoms with Crippen molar-refractivity contribution in [3.63, 3.8) is 0 Å². The summed E-state index contributed by atoms with van der Waals surface area (Å²) in [6.07, 6.45) is 5.73. The van der Waals surface area contributed by atoms with E-state index in [9.17, 15) is 4.79 Å². The van der Waals surface area contributed by atoms with Crippen LogP contribution in [0.3, 0.4) is 0 Å². The standard InChI is InChI=1S/C26H30N4O2/c1-18-5-7-23-22(14-18)19(17-28-23)4-2-3-9-29-10-12-30(13-11-29)21-6-8-24-20(15-21)16-25(32-24)26(27)31/h5-8,14-17,28H,2-4,9-13H2,1H3,(H2,27,31). The minimum absolute atomic E-state index is 0.213.